The number of allylic oxidation sites excluding steroid dienone is 2. The van der Waals surface area contributed by atoms with Gasteiger partial charge in [-0.25, -0.2) is 0 Å². The monoisotopic (exact) mass is 294 g/mol. The molecule has 2 aromatic rings. The van der Waals surface area contributed by atoms with Gasteiger partial charge in [0.05, 0.1) is 0 Å². The Morgan fingerprint density at radius 3 is 2.36 bits per heavy atom. The van der Waals surface area contributed by atoms with Gasteiger partial charge in [0.2, 0.25) is 0 Å². The van der Waals surface area contributed by atoms with Gasteiger partial charge in [0, 0.05) is 12.5 Å². The molecular formula is C19H18O3. The average Bonchev–Trinajstić information content (AvgIpc) is 2.53. The van der Waals surface area contributed by atoms with Crippen molar-refractivity contribution in [3.63, 3.8) is 0 Å². The Morgan fingerprint density at radius 1 is 1.00 bits per heavy atom. The molecule has 0 heterocycles. The maximum Gasteiger partial charge on any atom is 0.159 e. The average molecular weight is 294 g/mol. The lowest BCUT2D eigenvalue weighted by Crippen LogP contribution is -1.97. The summed E-state index contributed by atoms with van der Waals surface area (Å²) in [6.45, 7) is 0. The Balaban J connectivity index is 1.87. The number of hydrogen-bond donors (Lipinski definition) is 2. The molecule has 112 valence electrons. The third kappa shape index (κ3) is 5.29. The summed E-state index contributed by atoms with van der Waals surface area (Å²) < 4.78 is 0. The molecule has 0 saturated carbocycles. The maximum atomic E-state index is 11.8. The molecule has 3 heteroatoms. The van der Waals surface area contributed by atoms with E-state index in [1.54, 1.807) is 30.3 Å². The number of ketones is 1. The molecular weight excluding hydrogens is 276 g/mol. The van der Waals surface area contributed by atoms with Gasteiger partial charge in [-0.05, 0) is 35.8 Å². The van der Waals surface area contributed by atoms with Crippen LogP contribution < -0.4 is 0 Å². The van der Waals surface area contributed by atoms with Crippen LogP contribution in [-0.2, 0) is 11.2 Å². The highest BCUT2D eigenvalue weighted by atomic mass is 16.3. The molecule has 3 nitrogen and oxygen atoms in total. The number of hydrogen-bond acceptors (Lipinski definition) is 3. The van der Waals surface area contributed by atoms with Crippen LogP contribution in [0, 0.1) is 0 Å². The number of aromatic hydroxyl groups is 1. The van der Waals surface area contributed by atoms with Crippen molar-refractivity contribution >= 4 is 11.9 Å². The minimum Gasteiger partial charge on any atom is -0.508 e. The van der Waals surface area contributed by atoms with Crippen molar-refractivity contribution in [1.29, 1.82) is 0 Å². The van der Waals surface area contributed by atoms with Gasteiger partial charge in [-0.3, -0.25) is 4.79 Å². The molecule has 0 radical (unpaired) electrons. The summed E-state index contributed by atoms with van der Waals surface area (Å²) in [6.07, 6.45) is 5.38. The number of aliphatic hydroxyl groups excluding tert-OH is 1. The molecule has 0 saturated heterocycles. The van der Waals surface area contributed by atoms with E-state index in [0.29, 0.717) is 12.8 Å². The van der Waals surface area contributed by atoms with Crippen LogP contribution >= 0.6 is 0 Å². The Kier molecular flexibility index (Phi) is 5.55. The van der Waals surface area contributed by atoms with E-state index in [1.165, 1.54) is 12.2 Å². The molecule has 0 spiro atoms. The van der Waals surface area contributed by atoms with Crippen molar-refractivity contribution in [3.8, 4) is 5.75 Å². The zero-order valence-corrected chi connectivity index (χ0v) is 12.1. The number of carbonyl (C=O) groups excluding carboxylic acids is 1. The Morgan fingerprint density at radius 2 is 1.68 bits per heavy atom. The van der Waals surface area contributed by atoms with E-state index in [0.717, 1.165) is 11.1 Å². The van der Waals surface area contributed by atoms with Gasteiger partial charge in [-0.1, -0.05) is 48.5 Å². The van der Waals surface area contributed by atoms with Gasteiger partial charge in [0.15, 0.2) is 5.78 Å². The second kappa shape index (κ2) is 7.84. The van der Waals surface area contributed by atoms with Gasteiger partial charge in [0.25, 0.3) is 0 Å². The van der Waals surface area contributed by atoms with E-state index in [4.69, 9.17) is 0 Å². The van der Waals surface area contributed by atoms with Crippen molar-refractivity contribution in [2.24, 2.45) is 0 Å². The van der Waals surface area contributed by atoms with E-state index >= 15 is 0 Å². The molecule has 0 aliphatic rings. The maximum absolute atomic E-state index is 11.8. The summed E-state index contributed by atoms with van der Waals surface area (Å²) >= 11 is 0. The van der Waals surface area contributed by atoms with Crippen molar-refractivity contribution in [2.45, 2.75) is 12.8 Å². The van der Waals surface area contributed by atoms with Crippen molar-refractivity contribution in [3.05, 3.63) is 83.6 Å². The van der Waals surface area contributed by atoms with E-state index in [1.807, 2.05) is 30.3 Å². The minimum absolute atomic E-state index is 0.0560. The molecule has 2 rings (SSSR count). The lowest BCUT2D eigenvalue weighted by Gasteiger charge is -1.99. The largest absolute Gasteiger partial charge is 0.508 e. The lowest BCUT2D eigenvalue weighted by molar-refractivity contribution is -0.114. The van der Waals surface area contributed by atoms with Gasteiger partial charge in [-0.15, -0.1) is 0 Å². The first-order valence-corrected chi connectivity index (χ1v) is 7.08. The van der Waals surface area contributed by atoms with E-state index < -0.39 is 0 Å². The topological polar surface area (TPSA) is 57.5 Å². The summed E-state index contributed by atoms with van der Waals surface area (Å²) in [6, 6.07) is 16.3. The second-order valence-electron chi connectivity index (χ2n) is 4.95. The number of benzene rings is 2. The molecule has 0 unspecified atom stereocenters. The van der Waals surface area contributed by atoms with Crippen LogP contribution in [0.5, 0.6) is 5.75 Å². The molecule has 0 aromatic heterocycles. The zero-order valence-electron chi connectivity index (χ0n) is 12.1. The summed E-state index contributed by atoms with van der Waals surface area (Å²) in [7, 11) is 0. The number of phenols is 1. The molecule has 2 aromatic carbocycles. The zero-order chi connectivity index (χ0) is 15.8. The third-order valence-electron chi connectivity index (χ3n) is 3.15. The number of aliphatic hydroxyl groups is 1. The molecule has 22 heavy (non-hydrogen) atoms. The standard InChI is InChI=1S/C19H18O3/c20-17-10-6-16(7-11-17)9-13-19(22)14-18(21)12-8-15-4-2-1-3-5-15/h1-8,10-12,14,20-21H,9,13H2/b12-8+,18-14-. The lowest BCUT2D eigenvalue weighted by atomic mass is 10.1. The number of aryl methyl sites for hydroxylation is 1. The molecule has 0 aliphatic carbocycles. The SMILES string of the molecule is O=C(/C=C(O)/C=C/c1ccccc1)CCc1ccc(O)cc1. The van der Waals surface area contributed by atoms with Crippen LogP contribution in [0.2, 0.25) is 0 Å². The first-order chi connectivity index (χ1) is 10.6. The fourth-order valence-corrected chi connectivity index (χ4v) is 1.96. The predicted molar refractivity (Wildman–Crippen MR) is 87.6 cm³/mol. The molecule has 0 bridgehead atoms. The minimum atomic E-state index is -0.136. The molecule has 0 atom stereocenters. The van der Waals surface area contributed by atoms with Crippen LogP contribution in [0.3, 0.4) is 0 Å². The van der Waals surface area contributed by atoms with E-state index in [-0.39, 0.29) is 17.3 Å². The molecule has 0 amide bonds. The fourth-order valence-electron chi connectivity index (χ4n) is 1.96. The number of phenolic OH excluding ortho intramolecular Hbond substituents is 1. The second-order valence-corrected chi connectivity index (χ2v) is 4.95. The molecule has 0 aliphatic heterocycles. The van der Waals surface area contributed by atoms with Crippen LogP contribution in [0.1, 0.15) is 17.5 Å². The van der Waals surface area contributed by atoms with Crippen LogP contribution in [0.25, 0.3) is 6.08 Å². The van der Waals surface area contributed by atoms with E-state index in [2.05, 4.69) is 0 Å². The quantitative estimate of drug-likeness (QED) is 0.480. The van der Waals surface area contributed by atoms with Gasteiger partial charge < -0.3 is 10.2 Å². The van der Waals surface area contributed by atoms with Gasteiger partial charge in [0.1, 0.15) is 11.5 Å². The van der Waals surface area contributed by atoms with Crippen molar-refractivity contribution < 1.29 is 15.0 Å². The fraction of sp³-hybridized carbons (Fsp3) is 0.105. The molecule has 0 fully saturated rings. The Bertz CT molecular complexity index is 668. The Hall–Kier alpha value is -2.81. The van der Waals surface area contributed by atoms with Crippen LogP contribution in [0.15, 0.2) is 72.5 Å². The van der Waals surface area contributed by atoms with Crippen LogP contribution in [-0.4, -0.2) is 16.0 Å². The summed E-state index contributed by atoms with van der Waals surface area (Å²) in [5, 5.41) is 18.9. The van der Waals surface area contributed by atoms with E-state index in [9.17, 15) is 15.0 Å². The summed E-state index contributed by atoms with van der Waals surface area (Å²) in [5.74, 6) is 0.0153. The summed E-state index contributed by atoms with van der Waals surface area (Å²) in [5.41, 5.74) is 1.93. The van der Waals surface area contributed by atoms with Gasteiger partial charge >= 0.3 is 0 Å². The number of rotatable bonds is 6. The normalized spacial score (nSPS) is 11.7. The highest BCUT2D eigenvalue weighted by Crippen LogP contribution is 2.11. The summed E-state index contributed by atoms with van der Waals surface area (Å²) in [4.78, 5) is 11.8. The van der Waals surface area contributed by atoms with Crippen LogP contribution in [0.4, 0.5) is 0 Å². The third-order valence-corrected chi connectivity index (χ3v) is 3.15. The first kappa shape index (κ1) is 15.6. The highest BCUT2D eigenvalue weighted by molar-refractivity contribution is 5.90. The number of carbonyl (C=O) groups is 1. The highest BCUT2D eigenvalue weighted by Gasteiger charge is 2.01. The Labute approximate surface area is 129 Å². The predicted octanol–water partition coefficient (Wildman–Crippen LogP) is 4.05. The van der Waals surface area contributed by atoms with Gasteiger partial charge in [-0.2, -0.15) is 0 Å². The first-order valence-electron chi connectivity index (χ1n) is 7.08. The van der Waals surface area contributed by atoms with Crippen molar-refractivity contribution in [2.75, 3.05) is 0 Å². The molecule has 2 N–H and O–H groups in total. The van der Waals surface area contributed by atoms with Crippen molar-refractivity contribution in [1.82, 2.24) is 0 Å². The smallest absolute Gasteiger partial charge is 0.159 e.